The lowest BCUT2D eigenvalue weighted by molar-refractivity contribution is -0.119. The van der Waals surface area contributed by atoms with Crippen LogP contribution >= 0.6 is 11.3 Å². The Balaban J connectivity index is 1.13. The van der Waals surface area contributed by atoms with E-state index in [1.807, 2.05) is 54.6 Å². The molecule has 0 radical (unpaired) electrons. The lowest BCUT2D eigenvalue weighted by atomic mass is 10.0. The molecule has 36 heavy (non-hydrogen) atoms. The zero-order valence-corrected chi connectivity index (χ0v) is 20.5. The van der Waals surface area contributed by atoms with Gasteiger partial charge in [-0.05, 0) is 79.8 Å². The number of carbonyl (C=O) groups excluding carboxylic acids is 2. The highest BCUT2D eigenvalue weighted by atomic mass is 32.1. The van der Waals surface area contributed by atoms with Crippen molar-refractivity contribution in [1.29, 1.82) is 0 Å². The number of hydrogen-bond donors (Lipinski definition) is 1. The number of carbonyl (C=O) groups is 2. The number of rotatable bonds is 5. The third kappa shape index (κ3) is 4.22. The summed E-state index contributed by atoms with van der Waals surface area (Å²) in [4.78, 5) is 35.0. The van der Waals surface area contributed by atoms with Crippen LogP contribution in [-0.4, -0.2) is 28.5 Å². The fourth-order valence-electron chi connectivity index (χ4n) is 4.70. The number of nitrogens with one attached hydrogen (secondary N) is 1. The van der Waals surface area contributed by atoms with Gasteiger partial charge >= 0.3 is 5.97 Å². The molecule has 178 valence electrons. The molecule has 0 bridgehead atoms. The summed E-state index contributed by atoms with van der Waals surface area (Å²) in [7, 11) is 0. The summed E-state index contributed by atoms with van der Waals surface area (Å²) in [5.74, 6) is -0.870. The molecule has 0 unspecified atom stereocenters. The van der Waals surface area contributed by atoms with Crippen LogP contribution in [0.25, 0.3) is 31.7 Å². The Hall–Kier alpha value is -4.10. The first-order valence-electron chi connectivity index (χ1n) is 11.9. The van der Waals surface area contributed by atoms with Crippen molar-refractivity contribution in [2.75, 3.05) is 11.9 Å². The van der Waals surface area contributed by atoms with E-state index in [4.69, 9.17) is 14.7 Å². The van der Waals surface area contributed by atoms with Crippen molar-refractivity contribution in [3.8, 4) is 10.6 Å². The fourth-order valence-corrected chi connectivity index (χ4v) is 5.77. The molecule has 6 rings (SSSR count). The molecule has 1 aliphatic rings. The van der Waals surface area contributed by atoms with Crippen LogP contribution in [-0.2, 0) is 22.4 Å². The minimum absolute atomic E-state index is 0.358. The van der Waals surface area contributed by atoms with E-state index in [2.05, 4.69) is 24.4 Å². The molecule has 5 aromatic rings. The number of thiazole rings is 1. The predicted octanol–water partition coefficient (Wildman–Crippen LogP) is 6.10. The van der Waals surface area contributed by atoms with Gasteiger partial charge in [-0.15, -0.1) is 11.3 Å². The molecule has 2 aromatic heterocycles. The highest BCUT2D eigenvalue weighted by molar-refractivity contribution is 7.21. The Morgan fingerprint density at radius 3 is 2.67 bits per heavy atom. The van der Waals surface area contributed by atoms with Gasteiger partial charge in [0.15, 0.2) is 6.61 Å². The van der Waals surface area contributed by atoms with Crippen LogP contribution in [0.4, 0.5) is 5.69 Å². The molecule has 0 atom stereocenters. The molecule has 6 nitrogen and oxygen atoms in total. The standard InChI is InChI=1S/C29H23N3O3S/c1-17-9-14-24-25(15-17)36-28(32-24)18-10-12-19(13-11-18)30-26(33)16-35-29(34)27-20-5-2-3-7-22(20)31-23-8-4-6-21(23)27/h2-3,5,7,9-15H,4,6,8,16H2,1H3,(H,30,33). The molecule has 0 fully saturated rings. The lowest BCUT2D eigenvalue weighted by Gasteiger charge is -2.12. The monoisotopic (exact) mass is 493 g/mol. The van der Waals surface area contributed by atoms with Gasteiger partial charge in [-0.2, -0.15) is 0 Å². The molecule has 0 saturated heterocycles. The molecule has 1 N–H and O–H groups in total. The molecule has 2 heterocycles. The molecule has 1 aliphatic carbocycles. The van der Waals surface area contributed by atoms with Gasteiger partial charge in [-0.25, -0.2) is 9.78 Å². The number of fused-ring (bicyclic) bond motifs is 3. The van der Waals surface area contributed by atoms with Crippen molar-refractivity contribution in [3.63, 3.8) is 0 Å². The number of benzene rings is 3. The number of anilines is 1. The van der Waals surface area contributed by atoms with Crippen LogP contribution in [0.1, 0.15) is 33.6 Å². The maximum Gasteiger partial charge on any atom is 0.339 e. The smallest absolute Gasteiger partial charge is 0.339 e. The maximum atomic E-state index is 13.0. The number of esters is 1. The van der Waals surface area contributed by atoms with E-state index in [0.29, 0.717) is 11.3 Å². The molecule has 0 saturated carbocycles. The number of aryl methyl sites for hydroxylation is 2. The van der Waals surface area contributed by atoms with Crippen LogP contribution in [0, 0.1) is 6.92 Å². The summed E-state index contributed by atoms with van der Waals surface area (Å²) < 4.78 is 6.59. The number of para-hydroxylation sites is 1. The maximum absolute atomic E-state index is 13.0. The second-order valence-electron chi connectivity index (χ2n) is 8.97. The molecule has 0 aliphatic heterocycles. The van der Waals surface area contributed by atoms with Gasteiger partial charge in [0.2, 0.25) is 0 Å². The van der Waals surface area contributed by atoms with Crippen molar-refractivity contribution in [1.82, 2.24) is 9.97 Å². The Kier molecular flexibility index (Phi) is 5.70. The normalized spacial score (nSPS) is 12.6. The van der Waals surface area contributed by atoms with E-state index in [0.717, 1.165) is 62.2 Å². The second-order valence-corrected chi connectivity index (χ2v) is 10.0. The van der Waals surface area contributed by atoms with Crippen molar-refractivity contribution < 1.29 is 14.3 Å². The van der Waals surface area contributed by atoms with E-state index in [1.165, 1.54) is 5.56 Å². The van der Waals surface area contributed by atoms with Crippen LogP contribution in [0.15, 0.2) is 66.7 Å². The van der Waals surface area contributed by atoms with E-state index in [9.17, 15) is 9.59 Å². The SMILES string of the molecule is Cc1ccc2nc(-c3ccc(NC(=O)COC(=O)c4c5c(nc6ccccc46)CCC5)cc3)sc2c1. The topological polar surface area (TPSA) is 81.2 Å². The van der Waals surface area contributed by atoms with Gasteiger partial charge in [0.05, 0.1) is 21.3 Å². The van der Waals surface area contributed by atoms with Crippen LogP contribution in [0.3, 0.4) is 0 Å². The highest BCUT2D eigenvalue weighted by Crippen LogP contribution is 2.32. The van der Waals surface area contributed by atoms with Crippen molar-refractivity contribution in [3.05, 3.63) is 89.1 Å². The number of pyridine rings is 1. The largest absolute Gasteiger partial charge is 0.452 e. The van der Waals surface area contributed by atoms with E-state index >= 15 is 0 Å². The van der Waals surface area contributed by atoms with E-state index in [1.54, 1.807) is 11.3 Å². The summed E-state index contributed by atoms with van der Waals surface area (Å²) in [5.41, 5.74) is 7.01. The zero-order valence-electron chi connectivity index (χ0n) is 19.7. The summed E-state index contributed by atoms with van der Waals surface area (Å²) in [5, 5.41) is 4.50. The third-order valence-electron chi connectivity index (χ3n) is 6.42. The minimum Gasteiger partial charge on any atom is -0.452 e. The Morgan fingerprint density at radius 1 is 0.972 bits per heavy atom. The molecule has 3 aromatic carbocycles. The van der Waals surface area contributed by atoms with Crippen molar-refractivity contribution in [2.24, 2.45) is 0 Å². The first-order chi connectivity index (χ1) is 17.5. The first-order valence-corrected chi connectivity index (χ1v) is 12.7. The van der Waals surface area contributed by atoms with E-state index < -0.39 is 5.97 Å². The molecular formula is C29H23N3O3S. The summed E-state index contributed by atoms with van der Waals surface area (Å²) in [6, 6.07) is 21.3. The summed E-state index contributed by atoms with van der Waals surface area (Å²) >= 11 is 1.64. The number of nitrogens with zero attached hydrogens (tertiary/aromatic N) is 2. The predicted molar refractivity (Wildman–Crippen MR) is 142 cm³/mol. The van der Waals surface area contributed by atoms with Gasteiger partial charge in [-0.1, -0.05) is 24.3 Å². The lowest BCUT2D eigenvalue weighted by Crippen LogP contribution is -2.21. The Morgan fingerprint density at radius 2 is 1.81 bits per heavy atom. The molecular weight excluding hydrogens is 470 g/mol. The number of aromatic nitrogens is 2. The van der Waals surface area contributed by atoms with Crippen molar-refractivity contribution in [2.45, 2.75) is 26.2 Å². The van der Waals surface area contributed by atoms with Gasteiger partial charge in [0, 0.05) is 22.3 Å². The number of amides is 1. The fraction of sp³-hybridized carbons (Fsp3) is 0.172. The molecule has 0 spiro atoms. The summed E-state index contributed by atoms with van der Waals surface area (Å²) in [6.07, 6.45) is 2.62. The van der Waals surface area contributed by atoms with Crippen LogP contribution < -0.4 is 5.32 Å². The van der Waals surface area contributed by atoms with Gasteiger partial charge < -0.3 is 10.1 Å². The average molecular weight is 494 g/mol. The molecule has 1 amide bonds. The average Bonchev–Trinajstić information content (AvgIpc) is 3.52. The van der Waals surface area contributed by atoms with Gasteiger partial charge in [0.1, 0.15) is 5.01 Å². The minimum atomic E-state index is -0.483. The van der Waals surface area contributed by atoms with Crippen LogP contribution in [0.2, 0.25) is 0 Å². The second kappa shape index (κ2) is 9.17. The highest BCUT2D eigenvalue weighted by Gasteiger charge is 2.25. The first kappa shape index (κ1) is 22.4. The number of ether oxygens (including phenoxy) is 1. The Labute approximate surface area is 212 Å². The van der Waals surface area contributed by atoms with Crippen LogP contribution in [0.5, 0.6) is 0 Å². The zero-order chi connectivity index (χ0) is 24.6. The van der Waals surface area contributed by atoms with Gasteiger partial charge in [0.25, 0.3) is 5.91 Å². The quantitative estimate of drug-likeness (QED) is 0.299. The van der Waals surface area contributed by atoms with Gasteiger partial charge in [-0.3, -0.25) is 9.78 Å². The Bertz CT molecular complexity index is 1640. The summed E-state index contributed by atoms with van der Waals surface area (Å²) in [6.45, 7) is 1.71. The number of hydrogen-bond acceptors (Lipinski definition) is 6. The third-order valence-corrected chi connectivity index (χ3v) is 7.48. The van der Waals surface area contributed by atoms with Crippen molar-refractivity contribution >= 4 is 50.0 Å². The van der Waals surface area contributed by atoms with E-state index in [-0.39, 0.29) is 12.5 Å². The molecule has 7 heteroatoms.